The summed E-state index contributed by atoms with van der Waals surface area (Å²) in [4.78, 5) is 14.1. The molecule has 2 rings (SSSR count). The smallest absolute Gasteiger partial charge is 0.246 e. The largest absolute Gasteiger partial charge is 0.383 e. The van der Waals surface area contributed by atoms with Crippen molar-refractivity contribution >= 4 is 45.0 Å². The van der Waals surface area contributed by atoms with E-state index in [1.807, 2.05) is 0 Å². The van der Waals surface area contributed by atoms with Crippen LogP contribution < -0.4 is 0 Å². The minimum absolute atomic E-state index is 0.00574. The predicted octanol–water partition coefficient (Wildman–Crippen LogP) is 2.67. The fraction of sp³-hybridized carbons (Fsp3) is 0.438. The van der Waals surface area contributed by atoms with Crippen LogP contribution >= 0.6 is 23.2 Å². The van der Waals surface area contributed by atoms with Gasteiger partial charge in [0.1, 0.15) is 0 Å². The summed E-state index contributed by atoms with van der Waals surface area (Å²) in [6.45, 7) is 0.678. The maximum atomic E-state index is 12.5. The number of benzene rings is 1. The van der Waals surface area contributed by atoms with Gasteiger partial charge >= 0.3 is 0 Å². The summed E-state index contributed by atoms with van der Waals surface area (Å²) in [5.41, 5.74) is 0.628. The Bertz CT molecular complexity index is 734. The maximum Gasteiger partial charge on any atom is 0.246 e. The zero-order valence-electron chi connectivity index (χ0n) is 13.2. The Morgan fingerprint density at radius 3 is 2.79 bits per heavy atom. The maximum absolute atomic E-state index is 12.5. The van der Waals surface area contributed by atoms with E-state index in [9.17, 15) is 13.2 Å². The highest BCUT2D eigenvalue weighted by atomic mass is 35.5. The normalized spacial score (nSPS) is 19.7. The Morgan fingerprint density at radius 1 is 1.42 bits per heavy atom. The van der Waals surface area contributed by atoms with Gasteiger partial charge in [0.15, 0.2) is 9.84 Å². The third-order valence-corrected chi connectivity index (χ3v) is 6.44. The standard InChI is InChI=1S/C16H19Cl2NO4S/c1-23-9-8-19(13-7-10-24(21,22)11-13)15(20)6-5-12-3-2-4-14(17)16(12)18/h2-6,13H,7-11H2,1H3/b6-5+. The number of sulfone groups is 1. The molecule has 8 heteroatoms. The Balaban J connectivity index is 2.15. The highest BCUT2D eigenvalue weighted by Gasteiger charge is 2.33. The van der Waals surface area contributed by atoms with Gasteiger partial charge in [0, 0.05) is 25.8 Å². The first-order valence-electron chi connectivity index (χ1n) is 7.46. The van der Waals surface area contributed by atoms with E-state index in [2.05, 4.69) is 0 Å². The van der Waals surface area contributed by atoms with Gasteiger partial charge in [-0.05, 0) is 24.1 Å². The van der Waals surface area contributed by atoms with Crippen LogP contribution in [-0.4, -0.2) is 57.0 Å². The second-order valence-electron chi connectivity index (χ2n) is 5.56. The van der Waals surface area contributed by atoms with Crippen molar-refractivity contribution in [3.8, 4) is 0 Å². The fourth-order valence-electron chi connectivity index (χ4n) is 2.59. The molecule has 1 fully saturated rings. The minimum Gasteiger partial charge on any atom is -0.383 e. The van der Waals surface area contributed by atoms with Gasteiger partial charge in [0.05, 0.1) is 28.2 Å². The van der Waals surface area contributed by atoms with Crippen LogP contribution in [0.25, 0.3) is 6.08 Å². The number of carbonyl (C=O) groups is 1. The Morgan fingerprint density at radius 2 is 2.17 bits per heavy atom. The monoisotopic (exact) mass is 391 g/mol. The second-order valence-corrected chi connectivity index (χ2v) is 8.57. The van der Waals surface area contributed by atoms with Crippen molar-refractivity contribution in [2.75, 3.05) is 31.8 Å². The first-order chi connectivity index (χ1) is 11.3. The van der Waals surface area contributed by atoms with Crippen molar-refractivity contribution in [1.29, 1.82) is 0 Å². The van der Waals surface area contributed by atoms with E-state index in [4.69, 9.17) is 27.9 Å². The number of nitrogens with zero attached hydrogens (tertiary/aromatic N) is 1. The summed E-state index contributed by atoms with van der Waals surface area (Å²) in [7, 11) is -1.54. The quantitative estimate of drug-likeness (QED) is 0.699. The third kappa shape index (κ3) is 4.96. The zero-order valence-corrected chi connectivity index (χ0v) is 15.6. The summed E-state index contributed by atoms with van der Waals surface area (Å²) >= 11 is 12.0. The van der Waals surface area contributed by atoms with Crippen molar-refractivity contribution in [2.45, 2.75) is 12.5 Å². The third-order valence-electron chi connectivity index (χ3n) is 3.86. The molecular weight excluding hydrogens is 373 g/mol. The van der Waals surface area contributed by atoms with Crippen LogP contribution in [-0.2, 0) is 19.4 Å². The van der Waals surface area contributed by atoms with Gasteiger partial charge in [0.2, 0.25) is 5.91 Å². The molecular formula is C16H19Cl2NO4S. The number of amides is 1. The van der Waals surface area contributed by atoms with Gasteiger partial charge in [-0.1, -0.05) is 35.3 Å². The van der Waals surface area contributed by atoms with Gasteiger partial charge in [-0.2, -0.15) is 0 Å². The lowest BCUT2D eigenvalue weighted by Gasteiger charge is -2.26. The second kappa shape index (κ2) is 8.34. The van der Waals surface area contributed by atoms with Gasteiger partial charge in [0.25, 0.3) is 0 Å². The summed E-state index contributed by atoms with van der Waals surface area (Å²) in [6, 6.07) is 4.83. The van der Waals surface area contributed by atoms with E-state index in [-0.39, 0.29) is 23.5 Å². The number of rotatable bonds is 6. The van der Waals surface area contributed by atoms with Crippen LogP contribution in [0.2, 0.25) is 10.0 Å². The molecule has 1 aliphatic heterocycles. The lowest BCUT2D eigenvalue weighted by molar-refractivity contribution is -0.128. The number of methoxy groups -OCH3 is 1. The van der Waals surface area contributed by atoms with Crippen LogP contribution in [0.15, 0.2) is 24.3 Å². The van der Waals surface area contributed by atoms with Gasteiger partial charge in [-0.3, -0.25) is 4.79 Å². The Labute approximate surface area is 152 Å². The summed E-state index contributed by atoms with van der Waals surface area (Å²) < 4.78 is 28.4. The predicted molar refractivity (Wildman–Crippen MR) is 96.1 cm³/mol. The van der Waals surface area contributed by atoms with Crippen LogP contribution in [0.1, 0.15) is 12.0 Å². The molecule has 1 unspecified atom stereocenters. The van der Waals surface area contributed by atoms with E-state index in [0.29, 0.717) is 35.2 Å². The van der Waals surface area contributed by atoms with Gasteiger partial charge < -0.3 is 9.64 Å². The molecule has 0 radical (unpaired) electrons. The van der Waals surface area contributed by atoms with Crippen molar-refractivity contribution in [3.63, 3.8) is 0 Å². The van der Waals surface area contributed by atoms with E-state index in [1.165, 1.54) is 13.2 Å². The van der Waals surface area contributed by atoms with Crippen molar-refractivity contribution < 1.29 is 17.9 Å². The van der Waals surface area contributed by atoms with Crippen molar-refractivity contribution in [1.82, 2.24) is 4.90 Å². The first-order valence-corrected chi connectivity index (χ1v) is 10.0. The van der Waals surface area contributed by atoms with Gasteiger partial charge in [-0.25, -0.2) is 8.42 Å². The van der Waals surface area contributed by atoms with Crippen molar-refractivity contribution in [3.05, 3.63) is 39.9 Å². The van der Waals surface area contributed by atoms with E-state index >= 15 is 0 Å². The average molecular weight is 392 g/mol. The molecule has 0 aromatic heterocycles. The molecule has 132 valence electrons. The molecule has 5 nitrogen and oxygen atoms in total. The number of carbonyl (C=O) groups excluding carboxylic acids is 1. The molecule has 0 N–H and O–H groups in total. The lowest BCUT2D eigenvalue weighted by atomic mass is 10.2. The molecule has 24 heavy (non-hydrogen) atoms. The zero-order chi connectivity index (χ0) is 17.7. The molecule has 1 heterocycles. The highest BCUT2D eigenvalue weighted by molar-refractivity contribution is 7.91. The van der Waals surface area contributed by atoms with E-state index in [0.717, 1.165) is 0 Å². The lowest BCUT2D eigenvalue weighted by Crippen LogP contribution is -2.42. The SMILES string of the molecule is COCCN(C(=O)/C=C/c1cccc(Cl)c1Cl)C1CCS(=O)(=O)C1. The summed E-state index contributed by atoms with van der Waals surface area (Å²) in [5.74, 6) is -0.169. The minimum atomic E-state index is -3.08. The topological polar surface area (TPSA) is 63.7 Å². The Kier molecular flexibility index (Phi) is 6.69. The molecule has 0 saturated carbocycles. The van der Waals surface area contributed by atoms with E-state index < -0.39 is 9.84 Å². The molecule has 1 saturated heterocycles. The Hall–Kier alpha value is -1.08. The van der Waals surface area contributed by atoms with Crippen LogP contribution in [0, 0.1) is 0 Å². The number of halogens is 2. The molecule has 0 aliphatic carbocycles. The molecule has 1 aromatic carbocycles. The summed E-state index contributed by atoms with van der Waals surface area (Å²) in [5, 5.41) is 0.777. The number of ether oxygens (including phenoxy) is 1. The molecule has 0 spiro atoms. The molecule has 1 amide bonds. The van der Waals surface area contributed by atoms with Crippen LogP contribution in [0.3, 0.4) is 0 Å². The first kappa shape index (κ1) is 19.2. The van der Waals surface area contributed by atoms with Crippen LogP contribution in [0.4, 0.5) is 0 Å². The van der Waals surface area contributed by atoms with Crippen LogP contribution in [0.5, 0.6) is 0 Å². The molecule has 1 aromatic rings. The highest BCUT2D eigenvalue weighted by Crippen LogP contribution is 2.26. The average Bonchev–Trinajstić information content (AvgIpc) is 2.89. The molecule has 0 bridgehead atoms. The van der Waals surface area contributed by atoms with Gasteiger partial charge in [-0.15, -0.1) is 0 Å². The van der Waals surface area contributed by atoms with E-state index in [1.54, 1.807) is 29.2 Å². The molecule has 1 aliphatic rings. The summed E-state index contributed by atoms with van der Waals surface area (Å²) in [6.07, 6.45) is 3.42. The van der Waals surface area contributed by atoms with Crippen molar-refractivity contribution in [2.24, 2.45) is 0 Å². The number of hydrogen-bond acceptors (Lipinski definition) is 4. The number of hydrogen-bond donors (Lipinski definition) is 0. The fourth-order valence-corrected chi connectivity index (χ4v) is 4.69. The molecule has 1 atom stereocenters.